The van der Waals surface area contributed by atoms with Crippen LogP contribution in [0.5, 0.6) is 0 Å². The van der Waals surface area contributed by atoms with Crippen LogP contribution in [0.2, 0.25) is 0 Å². The van der Waals surface area contributed by atoms with Gasteiger partial charge in [0.1, 0.15) is 0 Å². The van der Waals surface area contributed by atoms with Crippen molar-refractivity contribution in [3.63, 3.8) is 0 Å². The van der Waals surface area contributed by atoms with E-state index in [1.54, 1.807) is 13.8 Å². The molecular formula is C5H14LiO6PS. The first-order valence-electron chi connectivity index (χ1n) is 3.66. The van der Waals surface area contributed by atoms with Crippen LogP contribution < -0.4 is 0 Å². The van der Waals surface area contributed by atoms with Crippen LogP contribution in [0.15, 0.2) is 0 Å². The summed E-state index contributed by atoms with van der Waals surface area (Å²) < 4.78 is 50.0. The van der Waals surface area contributed by atoms with Crippen LogP contribution in [-0.4, -0.2) is 50.5 Å². The molecule has 0 amide bonds. The predicted molar refractivity (Wildman–Crippen MR) is 54.4 cm³/mol. The third kappa shape index (κ3) is 8.01. The second-order valence-electron chi connectivity index (χ2n) is 2.16. The Morgan fingerprint density at radius 2 is 1.57 bits per heavy atom. The Balaban J connectivity index is 0. The third-order valence-corrected chi connectivity index (χ3v) is 4.85. The van der Waals surface area contributed by atoms with Crippen molar-refractivity contribution in [2.75, 3.05) is 18.7 Å². The summed E-state index contributed by atoms with van der Waals surface area (Å²) in [6.07, 6.45) is 0. The fourth-order valence-corrected chi connectivity index (χ4v) is 3.76. The van der Waals surface area contributed by atoms with Gasteiger partial charge in [-0.05, 0) is 13.8 Å². The van der Waals surface area contributed by atoms with E-state index < -0.39 is 23.2 Å². The molecule has 14 heavy (non-hydrogen) atoms. The van der Waals surface area contributed by atoms with Gasteiger partial charge < -0.3 is 9.05 Å². The molecule has 0 fully saturated rings. The van der Waals surface area contributed by atoms with Crippen LogP contribution >= 0.6 is 7.60 Å². The Labute approximate surface area is 95.8 Å². The number of hydrogen-bond acceptors (Lipinski definition) is 5. The second-order valence-corrected chi connectivity index (χ2v) is 6.09. The van der Waals surface area contributed by atoms with Crippen molar-refractivity contribution in [1.82, 2.24) is 0 Å². The molecular weight excluding hydrogens is 226 g/mol. The van der Waals surface area contributed by atoms with E-state index >= 15 is 0 Å². The number of hydrogen-bond donors (Lipinski definition) is 1. The third-order valence-electron chi connectivity index (χ3n) is 0.973. The molecule has 9 heteroatoms. The fourth-order valence-electron chi connectivity index (χ4n) is 0.705. The Hall–Kier alpha value is 0.657. The molecule has 0 bridgehead atoms. The van der Waals surface area contributed by atoms with E-state index in [1.807, 2.05) is 0 Å². The molecule has 0 aromatic heterocycles. The zero-order valence-corrected chi connectivity index (χ0v) is 9.18. The van der Waals surface area contributed by atoms with E-state index in [0.29, 0.717) is 0 Å². The molecule has 0 aromatic carbocycles. The van der Waals surface area contributed by atoms with Crippen LogP contribution in [-0.2, 0) is 23.7 Å². The molecule has 1 N–H and O–H groups in total. The molecule has 0 atom stereocenters. The summed E-state index contributed by atoms with van der Waals surface area (Å²) in [6, 6.07) is 0. The summed E-state index contributed by atoms with van der Waals surface area (Å²) in [5, 5.41) is 0. The van der Waals surface area contributed by atoms with Gasteiger partial charge in [-0.2, -0.15) is 8.42 Å². The van der Waals surface area contributed by atoms with Crippen molar-refractivity contribution >= 4 is 36.6 Å². The van der Waals surface area contributed by atoms with Crippen molar-refractivity contribution in [2.45, 2.75) is 13.8 Å². The maximum atomic E-state index is 11.4. The molecule has 0 spiro atoms. The molecule has 0 aromatic rings. The first-order chi connectivity index (χ1) is 5.83. The molecule has 0 heterocycles. The van der Waals surface area contributed by atoms with Gasteiger partial charge in [0.25, 0.3) is 10.1 Å². The van der Waals surface area contributed by atoms with Crippen molar-refractivity contribution in [2.24, 2.45) is 0 Å². The minimum atomic E-state index is -4.34. The van der Waals surface area contributed by atoms with Gasteiger partial charge in [-0.3, -0.25) is 9.12 Å². The van der Waals surface area contributed by atoms with E-state index in [-0.39, 0.29) is 32.1 Å². The fraction of sp³-hybridized carbons (Fsp3) is 1.00. The van der Waals surface area contributed by atoms with Gasteiger partial charge in [0.15, 0.2) is 5.49 Å². The van der Waals surface area contributed by atoms with E-state index in [1.165, 1.54) is 0 Å². The van der Waals surface area contributed by atoms with Gasteiger partial charge in [0.2, 0.25) is 0 Å². The predicted octanol–water partition coefficient (Wildman–Crippen LogP) is 0.449. The van der Waals surface area contributed by atoms with E-state index in [2.05, 4.69) is 9.05 Å². The monoisotopic (exact) mass is 240 g/mol. The Kier molecular flexibility index (Phi) is 8.55. The summed E-state index contributed by atoms with van der Waals surface area (Å²) in [5.74, 6) is 0. The molecule has 0 saturated heterocycles. The molecule has 0 saturated carbocycles. The van der Waals surface area contributed by atoms with Crippen molar-refractivity contribution in [3.05, 3.63) is 0 Å². The van der Waals surface area contributed by atoms with Gasteiger partial charge >= 0.3 is 26.5 Å². The van der Waals surface area contributed by atoms with E-state index in [4.69, 9.17) is 4.55 Å². The summed E-state index contributed by atoms with van der Waals surface area (Å²) in [7, 11) is -8.02. The summed E-state index contributed by atoms with van der Waals surface area (Å²) >= 11 is 0. The van der Waals surface area contributed by atoms with Crippen molar-refractivity contribution < 1.29 is 26.6 Å². The number of rotatable bonds is 6. The summed E-state index contributed by atoms with van der Waals surface area (Å²) in [6.45, 7) is 3.23. The van der Waals surface area contributed by atoms with Crippen LogP contribution in [0.4, 0.5) is 0 Å². The van der Waals surface area contributed by atoms with Crippen molar-refractivity contribution in [1.29, 1.82) is 0 Å². The Morgan fingerprint density at radius 1 is 1.21 bits per heavy atom. The first kappa shape index (κ1) is 17.1. The standard InChI is InChI=1S/C5H13O6PS.Li.H/c1-3-10-12(6,11-4-2)5-13(7,8)9;;/h3-5H2,1-2H3,(H,7,8,9);;. The molecule has 0 radical (unpaired) electrons. The molecule has 0 aliphatic rings. The quantitative estimate of drug-likeness (QED) is 0.412. The van der Waals surface area contributed by atoms with Gasteiger partial charge in [-0.1, -0.05) is 0 Å². The van der Waals surface area contributed by atoms with E-state index in [9.17, 15) is 13.0 Å². The van der Waals surface area contributed by atoms with Gasteiger partial charge in [0.05, 0.1) is 13.2 Å². The second kappa shape index (κ2) is 7.02. The molecule has 6 nitrogen and oxygen atoms in total. The first-order valence-corrected chi connectivity index (χ1v) is 7.00. The van der Waals surface area contributed by atoms with Crippen LogP contribution in [0.1, 0.15) is 13.8 Å². The zero-order valence-electron chi connectivity index (χ0n) is 7.47. The average Bonchev–Trinajstić information content (AvgIpc) is 1.82. The Bertz CT molecular complexity index is 279. The Morgan fingerprint density at radius 3 is 1.79 bits per heavy atom. The topological polar surface area (TPSA) is 89.9 Å². The molecule has 0 unspecified atom stereocenters. The zero-order chi connectivity index (χ0) is 10.5. The van der Waals surface area contributed by atoms with Gasteiger partial charge in [0, 0.05) is 0 Å². The van der Waals surface area contributed by atoms with Crippen LogP contribution in [0, 0.1) is 0 Å². The molecule has 0 aliphatic heterocycles. The van der Waals surface area contributed by atoms with Gasteiger partial charge in [-0.25, -0.2) is 0 Å². The average molecular weight is 240 g/mol. The van der Waals surface area contributed by atoms with Crippen molar-refractivity contribution in [3.8, 4) is 0 Å². The maximum absolute atomic E-state index is 11.4. The molecule has 0 aliphatic carbocycles. The van der Waals surface area contributed by atoms with Crippen LogP contribution in [0.3, 0.4) is 0 Å². The SMILES string of the molecule is CCOP(=O)(CS(=O)(=O)O)OCC.[LiH]. The summed E-state index contributed by atoms with van der Waals surface area (Å²) in [5.41, 5.74) is -0.998. The molecule has 82 valence electrons. The van der Waals surface area contributed by atoms with Gasteiger partial charge in [-0.15, -0.1) is 0 Å². The van der Waals surface area contributed by atoms with Crippen LogP contribution in [0.25, 0.3) is 0 Å². The minimum absolute atomic E-state index is 0. The molecule has 0 rings (SSSR count). The normalized spacial score (nSPS) is 12.2. The van der Waals surface area contributed by atoms with E-state index in [0.717, 1.165) is 0 Å². The summed E-state index contributed by atoms with van der Waals surface area (Å²) in [4.78, 5) is 0.